The van der Waals surface area contributed by atoms with Crippen molar-refractivity contribution >= 4 is 12.0 Å². The van der Waals surface area contributed by atoms with Gasteiger partial charge in [0.1, 0.15) is 11.9 Å². The van der Waals surface area contributed by atoms with Crippen molar-refractivity contribution in [2.45, 2.75) is 12.5 Å². The number of carbonyl (C=O) groups excluding carboxylic acids is 1. The molecule has 0 saturated carbocycles. The van der Waals surface area contributed by atoms with Crippen LogP contribution in [0.25, 0.3) is 6.08 Å². The number of hydrogen-bond acceptors (Lipinski definition) is 5. The van der Waals surface area contributed by atoms with Crippen LogP contribution < -0.4 is 9.47 Å². The summed E-state index contributed by atoms with van der Waals surface area (Å²) in [5.74, 6) is 1.55. The maximum absolute atomic E-state index is 11.4. The van der Waals surface area contributed by atoms with Crippen LogP contribution in [0.15, 0.2) is 36.1 Å². The Labute approximate surface area is 123 Å². The van der Waals surface area contributed by atoms with E-state index in [-0.39, 0.29) is 12.1 Å². The number of ether oxygens (including phenoxy) is 4. The van der Waals surface area contributed by atoms with Crippen molar-refractivity contribution in [2.24, 2.45) is 0 Å². The fourth-order valence-electron chi connectivity index (χ4n) is 2.04. The number of cyclic esters (lactones) is 1. The summed E-state index contributed by atoms with van der Waals surface area (Å²) in [5, 5.41) is 0. The van der Waals surface area contributed by atoms with Crippen molar-refractivity contribution in [3.63, 3.8) is 0 Å². The Morgan fingerprint density at radius 1 is 1.14 bits per heavy atom. The lowest BCUT2D eigenvalue weighted by atomic mass is 10.1. The second kappa shape index (κ2) is 6.83. The van der Waals surface area contributed by atoms with Gasteiger partial charge in [0.2, 0.25) is 0 Å². The SMILES string of the molecule is COC1=CC(=O)OC(C=Cc2ccc(OC)c(OC)c2)C1. The van der Waals surface area contributed by atoms with E-state index in [9.17, 15) is 4.79 Å². The second-order valence-electron chi connectivity index (χ2n) is 4.47. The molecule has 0 radical (unpaired) electrons. The highest BCUT2D eigenvalue weighted by Gasteiger charge is 2.19. The van der Waals surface area contributed by atoms with E-state index in [1.807, 2.05) is 30.4 Å². The zero-order valence-corrected chi connectivity index (χ0v) is 12.3. The average Bonchev–Trinajstić information content (AvgIpc) is 2.52. The summed E-state index contributed by atoms with van der Waals surface area (Å²) in [4.78, 5) is 11.4. The minimum atomic E-state index is -0.389. The summed E-state index contributed by atoms with van der Waals surface area (Å²) in [7, 11) is 4.72. The molecular formula is C16H18O5. The highest BCUT2D eigenvalue weighted by atomic mass is 16.5. The minimum Gasteiger partial charge on any atom is -0.501 e. The van der Waals surface area contributed by atoms with E-state index in [1.165, 1.54) is 6.08 Å². The van der Waals surface area contributed by atoms with E-state index in [1.54, 1.807) is 21.3 Å². The number of rotatable bonds is 5. The Balaban J connectivity index is 2.11. The van der Waals surface area contributed by atoms with Crippen molar-refractivity contribution in [3.05, 3.63) is 41.7 Å². The lowest BCUT2D eigenvalue weighted by molar-refractivity contribution is -0.142. The van der Waals surface area contributed by atoms with Crippen LogP contribution in [0.2, 0.25) is 0 Å². The van der Waals surface area contributed by atoms with Gasteiger partial charge in [-0.1, -0.05) is 12.1 Å². The van der Waals surface area contributed by atoms with Gasteiger partial charge in [-0.15, -0.1) is 0 Å². The molecule has 0 N–H and O–H groups in total. The zero-order valence-electron chi connectivity index (χ0n) is 12.3. The summed E-state index contributed by atoms with van der Waals surface area (Å²) in [5.41, 5.74) is 0.928. The van der Waals surface area contributed by atoms with Crippen LogP contribution in [0.3, 0.4) is 0 Å². The number of esters is 1. The van der Waals surface area contributed by atoms with Crippen LogP contribution in [0.5, 0.6) is 11.5 Å². The molecule has 0 fully saturated rings. The number of benzene rings is 1. The van der Waals surface area contributed by atoms with E-state index in [0.29, 0.717) is 23.7 Å². The van der Waals surface area contributed by atoms with Gasteiger partial charge in [-0.05, 0) is 23.8 Å². The Kier molecular flexibility index (Phi) is 4.87. The third-order valence-corrected chi connectivity index (χ3v) is 3.12. The van der Waals surface area contributed by atoms with E-state index in [0.717, 1.165) is 5.56 Å². The van der Waals surface area contributed by atoms with E-state index >= 15 is 0 Å². The second-order valence-corrected chi connectivity index (χ2v) is 4.47. The van der Waals surface area contributed by atoms with Crippen molar-refractivity contribution < 1.29 is 23.7 Å². The Morgan fingerprint density at radius 2 is 1.90 bits per heavy atom. The van der Waals surface area contributed by atoms with Gasteiger partial charge in [0.15, 0.2) is 11.5 Å². The van der Waals surface area contributed by atoms with Gasteiger partial charge in [0.25, 0.3) is 0 Å². The Bertz CT molecular complexity index is 574. The minimum absolute atomic E-state index is 0.328. The Morgan fingerprint density at radius 3 is 2.57 bits per heavy atom. The van der Waals surface area contributed by atoms with Crippen molar-refractivity contribution in [3.8, 4) is 11.5 Å². The Hall–Kier alpha value is -2.43. The molecule has 1 aromatic rings. The van der Waals surface area contributed by atoms with Crippen LogP contribution in [0, 0.1) is 0 Å². The van der Waals surface area contributed by atoms with E-state index in [2.05, 4.69) is 0 Å². The van der Waals surface area contributed by atoms with Crippen LogP contribution in [0.4, 0.5) is 0 Å². The summed E-state index contributed by atoms with van der Waals surface area (Å²) >= 11 is 0. The molecule has 1 unspecified atom stereocenters. The molecule has 1 aliphatic heterocycles. The summed E-state index contributed by atoms with van der Waals surface area (Å²) in [6, 6.07) is 5.58. The molecular weight excluding hydrogens is 272 g/mol. The quantitative estimate of drug-likeness (QED) is 0.780. The summed E-state index contributed by atoms with van der Waals surface area (Å²) in [6.45, 7) is 0. The number of hydrogen-bond donors (Lipinski definition) is 0. The third kappa shape index (κ3) is 3.78. The predicted molar refractivity (Wildman–Crippen MR) is 78.2 cm³/mol. The van der Waals surface area contributed by atoms with Gasteiger partial charge in [-0.3, -0.25) is 0 Å². The molecule has 5 nitrogen and oxygen atoms in total. The van der Waals surface area contributed by atoms with Crippen LogP contribution >= 0.6 is 0 Å². The third-order valence-electron chi connectivity index (χ3n) is 3.12. The average molecular weight is 290 g/mol. The molecule has 5 heteroatoms. The van der Waals surface area contributed by atoms with E-state index < -0.39 is 0 Å². The number of methoxy groups -OCH3 is 3. The van der Waals surface area contributed by atoms with Crippen LogP contribution in [-0.2, 0) is 14.3 Å². The first kappa shape index (κ1) is 15.0. The molecule has 112 valence electrons. The monoisotopic (exact) mass is 290 g/mol. The van der Waals surface area contributed by atoms with Crippen molar-refractivity contribution in [2.75, 3.05) is 21.3 Å². The molecule has 1 atom stereocenters. The molecule has 1 aliphatic rings. The molecule has 1 heterocycles. The van der Waals surface area contributed by atoms with Gasteiger partial charge < -0.3 is 18.9 Å². The normalized spacial score (nSPS) is 18.1. The van der Waals surface area contributed by atoms with Gasteiger partial charge >= 0.3 is 5.97 Å². The van der Waals surface area contributed by atoms with Crippen molar-refractivity contribution in [1.82, 2.24) is 0 Å². The zero-order chi connectivity index (χ0) is 15.2. The molecule has 0 saturated heterocycles. The maximum Gasteiger partial charge on any atom is 0.334 e. The summed E-state index contributed by atoms with van der Waals surface area (Å²) in [6.07, 6.45) is 5.27. The van der Waals surface area contributed by atoms with Crippen LogP contribution in [-0.4, -0.2) is 33.4 Å². The van der Waals surface area contributed by atoms with Crippen LogP contribution in [0.1, 0.15) is 12.0 Å². The fourth-order valence-corrected chi connectivity index (χ4v) is 2.04. The van der Waals surface area contributed by atoms with Gasteiger partial charge in [0, 0.05) is 6.42 Å². The molecule has 21 heavy (non-hydrogen) atoms. The largest absolute Gasteiger partial charge is 0.501 e. The molecule has 0 amide bonds. The van der Waals surface area contributed by atoms with E-state index in [4.69, 9.17) is 18.9 Å². The predicted octanol–water partition coefficient (Wildman–Crippen LogP) is 2.56. The lowest BCUT2D eigenvalue weighted by Crippen LogP contribution is -2.21. The molecule has 0 bridgehead atoms. The fraction of sp³-hybridized carbons (Fsp3) is 0.312. The molecule has 0 aromatic heterocycles. The standard InChI is InChI=1S/C16H18O5/c1-18-13-9-12(21-16(17)10-13)6-4-11-5-7-14(19-2)15(8-11)20-3/h4-8,10,12H,9H2,1-3H3. The van der Waals surface area contributed by atoms with Crippen molar-refractivity contribution in [1.29, 1.82) is 0 Å². The molecule has 0 aliphatic carbocycles. The first-order valence-corrected chi connectivity index (χ1v) is 6.51. The first-order valence-electron chi connectivity index (χ1n) is 6.51. The molecule has 2 rings (SSSR count). The summed E-state index contributed by atoms with van der Waals surface area (Å²) < 4.78 is 20.7. The lowest BCUT2D eigenvalue weighted by Gasteiger charge is -2.19. The smallest absolute Gasteiger partial charge is 0.334 e. The first-order chi connectivity index (χ1) is 10.2. The highest BCUT2D eigenvalue weighted by Crippen LogP contribution is 2.28. The maximum atomic E-state index is 11.4. The van der Waals surface area contributed by atoms with Gasteiger partial charge in [-0.25, -0.2) is 4.79 Å². The topological polar surface area (TPSA) is 54.0 Å². The molecule has 0 spiro atoms. The van der Waals surface area contributed by atoms with Gasteiger partial charge in [0.05, 0.1) is 27.4 Å². The van der Waals surface area contributed by atoms with Gasteiger partial charge in [-0.2, -0.15) is 0 Å². The highest BCUT2D eigenvalue weighted by molar-refractivity contribution is 5.83. The molecule has 1 aromatic carbocycles. The number of carbonyl (C=O) groups is 1.